The fraction of sp³-hybridized carbons (Fsp3) is 0.455. The van der Waals surface area contributed by atoms with Crippen molar-refractivity contribution in [1.82, 2.24) is 0 Å². The smallest absolute Gasteiger partial charge is 0.417 e. The summed E-state index contributed by atoms with van der Waals surface area (Å²) < 4.78 is 10.8. The average molecular weight is 447 g/mol. The van der Waals surface area contributed by atoms with Gasteiger partial charge in [-0.15, -0.1) is 11.3 Å². The third-order valence-corrected chi connectivity index (χ3v) is 6.06. The Kier molecular flexibility index (Phi) is 6.09. The summed E-state index contributed by atoms with van der Waals surface area (Å²) in [7, 11) is 0. The van der Waals surface area contributed by atoms with Crippen LogP contribution in [-0.2, 0) is 17.6 Å². The van der Waals surface area contributed by atoms with Crippen molar-refractivity contribution < 1.29 is 24.0 Å². The summed E-state index contributed by atoms with van der Waals surface area (Å²) in [6.07, 6.45) is 1.74. The van der Waals surface area contributed by atoms with Gasteiger partial charge in [0.25, 0.3) is 5.69 Å². The molecular formula is C22H26N2O6S. The predicted molar refractivity (Wildman–Crippen MR) is 118 cm³/mol. The molecule has 1 amide bonds. The van der Waals surface area contributed by atoms with Gasteiger partial charge in [0, 0.05) is 17.0 Å². The Hall–Kier alpha value is -2.94. The van der Waals surface area contributed by atoms with Crippen molar-refractivity contribution in [2.75, 3.05) is 5.32 Å². The highest BCUT2D eigenvalue weighted by atomic mass is 32.1. The molecule has 1 aromatic carbocycles. The molecule has 31 heavy (non-hydrogen) atoms. The lowest BCUT2D eigenvalue weighted by Crippen LogP contribution is -2.27. The molecule has 1 N–H and O–H groups in total. The van der Waals surface area contributed by atoms with Gasteiger partial charge < -0.3 is 9.47 Å². The topological polar surface area (TPSA) is 108 Å². The summed E-state index contributed by atoms with van der Waals surface area (Å²) in [5.41, 5.74) is 0.562. The summed E-state index contributed by atoms with van der Waals surface area (Å²) in [5.74, 6) is -0.322. The van der Waals surface area contributed by atoms with E-state index in [0.29, 0.717) is 17.0 Å². The van der Waals surface area contributed by atoms with Crippen LogP contribution in [-0.4, -0.2) is 22.6 Å². The maximum atomic E-state index is 13.0. The van der Waals surface area contributed by atoms with Crippen LogP contribution in [0.3, 0.4) is 0 Å². The van der Waals surface area contributed by atoms with Gasteiger partial charge in [-0.2, -0.15) is 0 Å². The van der Waals surface area contributed by atoms with Crippen LogP contribution in [0, 0.1) is 15.5 Å². The zero-order valence-electron chi connectivity index (χ0n) is 18.2. The van der Waals surface area contributed by atoms with Gasteiger partial charge >= 0.3 is 12.1 Å². The van der Waals surface area contributed by atoms with Crippen LogP contribution in [0.4, 0.5) is 15.5 Å². The summed E-state index contributed by atoms with van der Waals surface area (Å²) in [5, 5.41) is 13.8. The van der Waals surface area contributed by atoms with Gasteiger partial charge in [0.05, 0.1) is 10.5 Å². The number of carbonyl (C=O) groups excluding carboxylic acids is 2. The first-order valence-corrected chi connectivity index (χ1v) is 10.8. The molecule has 9 heteroatoms. The molecule has 0 spiro atoms. The van der Waals surface area contributed by atoms with E-state index in [-0.39, 0.29) is 16.9 Å². The number of fused-ring (bicyclic) bond motifs is 1. The number of esters is 1. The van der Waals surface area contributed by atoms with Crippen molar-refractivity contribution in [3.05, 3.63) is 50.4 Å². The molecule has 0 unspecified atom stereocenters. The van der Waals surface area contributed by atoms with Gasteiger partial charge in [0.15, 0.2) is 0 Å². The molecule has 3 rings (SSSR count). The molecule has 1 aliphatic carbocycles. The molecule has 1 aliphatic rings. The highest BCUT2D eigenvalue weighted by Gasteiger charge is 2.35. The van der Waals surface area contributed by atoms with Crippen LogP contribution in [0.25, 0.3) is 0 Å². The van der Waals surface area contributed by atoms with E-state index in [0.717, 1.165) is 23.3 Å². The van der Waals surface area contributed by atoms with Crippen LogP contribution < -0.4 is 10.1 Å². The van der Waals surface area contributed by atoms with Crippen molar-refractivity contribution in [2.45, 2.75) is 59.5 Å². The number of nitro benzene ring substituents is 1. The molecule has 1 aromatic heterocycles. The SMILES string of the molecule is CC1(C)CCc2sc(NC(=O)Oc3ccc([N+](=O)[O-])cc3)c(C(=O)OC(C)(C)C)c2C1. The lowest BCUT2D eigenvalue weighted by Gasteiger charge is -2.30. The minimum absolute atomic E-state index is 0.0430. The first kappa shape index (κ1) is 22.7. The molecule has 0 atom stereocenters. The van der Waals surface area contributed by atoms with Gasteiger partial charge in [0.2, 0.25) is 0 Å². The highest BCUT2D eigenvalue weighted by Crippen LogP contribution is 2.44. The van der Waals surface area contributed by atoms with E-state index in [1.807, 2.05) is 0 Å². The molecule has 0 saturated heterocycles. The molecule has 0 radical (unpaired) electrons. The number of nitrogens with one attached hydrogen (secondary N) is 1. The van der Waals surface area contributed by atoms with E-state index in [2.05, 4.69) is 19.2 Å². The number of thiophene rings is 1. The molecule has 166 valence electrons. The van der Waals surface area contributed by atoms with Crippen LogP contribution in [0.15, 0.2) is 24.3 Å². The Morgan fingerprint density at radius 2 is 1.84 bits per heavy atom. The standard InChI is InChI=1S/C22H26N2O6S/c1-21(2,3)30-19(25)17-15-12-22(4,5)11-10-16(15)31-18(17)23-20(26)29-14-8-6-13(7-9-14)24(27)28/h6-9H,10-12H2,1-5H3,(H,23,26). The van der Waals surface area contributed by atoms with Gasteiger partial charge in [-0.25, -0.2) is 9.59 Å². The average Bonchev–Trinajstić information content (AvgIpc) is 2.96. The second-order valence-corrected chi connectivity index (χ2v) is 10.4. The van der Waals surface area contributed by atoms with E-state index in [1.165, 1.54) is 35.6 Å². The summed E-state index contributed by atoms with van der Waals surface area (Å²) >= 11 is 1.36. The number of non-ortho nitro benzene ring substituents is 1. The Labute approximate surface area is 184 Å². The number of nitro groups is 1. The lowest BCUT2D eigenvalue weighted by atomic mass is 9.76. The molecule has 1 heterocycles. The lowest BCUT2D eigenvalue weighted by molar-refractivity contribution is -0.384. The normalized spacial score (nSPS) is 15.0. The quantitative estimate of drug-likeness (QED) is 0.365. The molecule has 8 nitrogen and oxygen atoms in total. The number of rotatable bonds is 4. The number of amides is 1. The van der Waals surface area contributed by atoms with Crippen molar-refractivity contribution >= 4 is 34.1 Å². The maximum Gasteiger partial charge on any atom is 0.417 e. The molecule has 2 aromatic rings. The fourth-order valence-electron chi connectivity index (χ4n) is 3.41. The highest BCUT2D eigenvalue weighted by molar-refractivity contribution is 7.17. The van der Waals surface area contributed by atoms with Crippen LogP contribution >= 0.6 is 11.3 Å². The minimum Gasteiger partial charge on any atom is -0.456 e. The summed E-state index contributed by atoms with van der Waals surface area (Å²) in [6, 6.07) is 5.18. The second-order valence-electron chi connectivity index (χ2n) is 9.32. The van der Waals surface area contributed by atoms with Crippen LogP contribution in [0.5, 0.6) is 5.75 Å². The van der Waals surface area contributed by atoms with Crippen LogP contribution in [0.2, 0.25) is 0 Å². The van der Waals surface area contributed by atoms with Gasteiger partial charge in [-0.3, -0.25) is 15.4 Å². The molecular weight excluding hydrogens is 420 g/mol. The molecule has 0 aliphatic heterocycles. The van der Waals surface area contributed by atoms with Gasteiger partial charge in [-0.1, -0.05) is 13.8 Å². The third kappa shape index (κ3) is 5.61. The number of aryl methyl sites for hydroxylation is 1. The predicted octanol–water partition coefficient (Wildman–Crippen LogP) is 5.74. The van der Waals surface area contributed by atoms with E-state index < -0.39 is 22.6 Å². The van der Waals surface area contributed by atoms with E-state index in [4.69, 9.17) is 9.47 Å². The number of ether oxygens (including phenoxy) is 2. The largest absolute Gasteiger partial charge is 0.456 e. The van der Waals surface area contributed by atoms with Gasteiger partial charge in [-0.05, 0) is 63.1 Å². The number of carbonyl (C=O) groups is 2. The Bertz CT molecular complexity index is 1020. The van der Waals surface area contributed by atoms with Gasteiger partial charge in [0.1, 0.15) is 16.4 Å². The summed E-state index contributed by atoms with van der Waals surface area (Å²) in [4.78, 5) is 36.8. The number of benzene rings is 1. The first-order chi connectivity index (χ1) is 14.3. The van der Waals surface area contributed by atoms with Crippen molar-refractivity contribution in [3.63, 3.8) is 0 Å². The molecule has 0 bridgehead atoms. The van der Waals surface area contributed by atoms with Crippen LogP contribution in [0.1, 0.15) is 61.8 Å². The third-order valence-electron chi connectivity index (χ3n) is 4.85. The summed E-state index contributed by atoms with van der Waals surface area (Å²) in [6.45, 7) is 9.70. The van der Waals surface area contributed by atoms with E-state index in [1.54, 1.807) is 20.8 Å². The minimum atomic E-state index is -0.781. The van der Waals surface area contributed by atoms with Crippen molar-refractivity contribution in [2.24, 2.45) is 5.41 Å². The number of nitrogens with zero attached hydrogens (tertiary/aromatic N) is 1. The monoisotopic (exact) mass is 446 g/mol. The number of anilines is 1. The molecule has 0 fully saturated rings. The Morgan fingerprint density at radius 1 is 1.19 bits per heavy atom. The van der Waals surface area contributed by atoms with E-state index >= 15 is 0 Å². The fourth-order valence-corrected chi connectivity index (χ4v) is 4.61. The van der Waals surface area contributed by atoms with Crippen molar-refractivity contribution in [1.29, 1.82) is 0 Å². The number of hydrogen-bond donors (Lipinski definition) is 1. The zero-order valence-corrected chi connectivity index (χ0v) is 19.1. The zero-order chi connectivity index (χ0) is 23.0. The maximum absolute atomic E-state index is 13.0. The first-order valence-electron chi connectivity index (χ1n) is 9.96. The molecule has 0 saturated carbocycles. The van der Waals surface area contributed by atoms with E-state index in [9.17, 15) is 19.7 Å². The van der Waals surface area contributed by atoms with Crippen molar-refractivity contribution in [3.8, 4) is 5.75 Å². The number of hydrogen-bond acceptors (Lipinski definition) is 7. The second kappa shape index (κ2) is 8.30. The Balaban J connectivity index is 1.86. The Morgan fingerprint density at radius 3 is 2.42 bits per heavy atom.